The second-order valence-electron chi connectivity index (χ2n) is 7.82. The number of hydrogen-bond acceptors (Lipinski definition) is 5. The summed E-state index contributed by atoms with van der Waals surface area (Å²) in [4.78, 5) is 13.0. The summed E-state index contributed by atoms with van der Waals surface area (Å²) < 4.78 is 6.21. The Labute approximate surface area is 175 Å². The van der Waals surface area contributed by atoms with Crippen LogP contribution in [0.5, 0.6) is 23.0 Å². The minimum Gasteiger partial charge on any atom is -0.508 e. The van der Waals surface area contributed by atoms with Gasteiger partial charge in [0, 0.05) is 24.0 Å². The van der Waals surface area contributed by atoms with E-state index in [1.807, 2.05) is 37.3 Å². The van der Waals surface area contributed by atoms with Gasteiger partial charge in [0.25, 0.3) is 0 Å². The van der Waals surface area contributed by atoms with E-state index >= 15 is 0 Å². The lowest BCUT2D eigenvalue weighted by molar-refractivity contribution is 0.0945. The fourth-order valence-corrected chi connectivity index (χ4v) is 4.03. The molecule has 1 aliphatic heterocycles. The van der Waals surface area contributed by atoms with Crippen molar-refractivity contribution in [3.8, 4) is 23.0 Å². The van der Waals surface area contributed by atoms with Crippen LogP contribution in [0, 0.1) is 5.92 Å². The zero-order valence-electron chi connectivity index (χ0n) is 16.7. The van der Waals surface area contributed by atoms with Gasteiger partial charge in [0.1, 0.15) is 34.7 Å². The van der Waals surface area contributed by atoms with Crippen LogP contribution in [0.3, 0.4) is 0 Å². The van der Waals surface area contributed by atoms with E-state index in [0.29, 0.717) is 18.4 Å². The standard InChI is InChI=1S/C25H24O5/c1-15-13-19-21(28)14-22(29)23(20(27)12-7-16-5-3-2-4-6-16)25(19)30-24(15)17-8-10-18(26)11-9-17/h2-6,8-11,14-15,24,26,28-29H,7,12-13H2,1H3/t15-,24+/m1/s1. The quantitative estimate of drug-likeness (QED) is 0.525. The molecule has 0 unspecified atom stereocenters. The van der Waals surface area contributed by atoms with Gasteiger partial charge in [0.05, 0.1) is 0 Å². The van der Waals surface area contributed by atoms with Crippen molar-refractivity contribution in [2.75, 3.05) is 0 Å². The average Bonchev–Trinajstić information content (AvgIpc) is 2.74. The maximum absolute atomic E-state index is 13.0. The van der Waals surface area contributed by atoms with Gasteiger partial charge in [0.2, 0.25) is 0 Å². The van der Waals surface area contributed by atoms with Crippen molar-refractivity contribution in [2.24, 2.45) is 5.92 Å². The molecule has 0 spiro atoms. The highest BCUT2D eigenvalue weighted by Gasteiger charge is 2.34. The summed E-state index contributed by atoms with van der Waals surface area (Å²) in [7, 11) is 0. The number of ketones is 1. The molecule has 4 rings (SSSR count). The van der Waals surface area contributed by atoms with Crippen LogP contribution in [-0.2, 0) is 12.8 Å². The summed E-state index contributed by atoms with van der Waals surface area (Å²) >= 11 is 0. The number of Topliss-reactive ketones (excluding diaryl/α,β-unsaturated/α-hetero) is 1. The second-order valence-corrected chi connectivity index (χ2v) is 7.82. The summed E-state index contributed by atoms with van der Waals surface area (Å²) in [5, 5.41) is 30.4. The summed E-state index contributed by atoms with van der Waals surface area (Å²) in [5.74, 6) is -0.130. The highest BCUT2D eigenvalue weighted by molar-refractivity contribution is 6.02. The van der Waals surface area contributed by atoms with E-state index in [9.17, 15) is 20.1 Å². The molecule has 3 aromatic carbocycles. The second kappa shape index (κ2) is 8.11. The van der Waals surface area contributed by atoms with Gasteiger partial charge in [-0.3, -0.25) is 4.79 Å². The first-order valence-corrected chi connectivity index (χ1v) is 10.0. The lowest BCUT2D eigenvalue weighted by atomic mass is 9.86. The van der Waals surface area contributed by atoms with Crippen molar-refractivity contribution >= 4 is 5.78 Å². The smallest absolute Gasteiger partial charge is 0.170 e. The number of phenols is 3. The van der Waals surface area contributed by atoms with Gasteiger partial charge < -0.3 is 20.1 Å². The van der Waals surface area contributed by atoms with Crippen molar-refractivity contribution in [3.63, 3.8) is 0 Å². The van der Waals surface area contributed by atoms with Crippen molar-refractivity contribution < 1.29 is 24.9 Å². The number of carbonyl (C=O) groups excluding carboxylic acids is 1. The van der Waals surface area contributed by atoms with E-state index in [4.69, 9.17) is 4.74 Å². The number of aryl methyl sites for hydroxylation is 1. The van der Waals surface area contributed by atoms with E-state index in [-0.39, 0.29) is 52.8 Å². The maximum Gasteiger partial charge on any atom is 0.170 e. The van der Waals surface area contributed by atoms with Gasteiger partial charge in [0.15, 0.2) is 5.78 Å². The molecule has 0 amide bonds. The molecule has 0 fully saturated rings. The summed E-state index contributed by atoms with van der Waals surface area (Å²) in [6.07, 6.45) is 0.913. The maximum atomic E-state index is 13.0. The molecule has 0 radical (unpaired) electrons. The van der Waals surface area contributed by atoms with Gasteiger partial charge in [-0.2, -0.15) is 0 Å². The third-order valence-corrected chi connectivity index (χ3v) is 5.61. The van der Waals surface area contributed by atoms with Crippen LogP contribution in [0.2, 0.25) is 0 Å². The SMILES string of the molecule is C[C@@H]1Cc2c(O)cc(O)c(C(=O)CCc3ccccc3)c2O[C@@H]1c1ccc(O)cc1. The Morgan fingerprint density at radius 2 is 1.70 bits per heavy atom. The number of aromatic hydroxyl groups is 3. The van der Waals surface area contributed by atoms with E-state index < -0.39 is 0 Å². The third kappa shape index (κ3) is 3.83. The van der Waals surface area contributed by atoms with Gasteiger partial charge >= 0.3 is 0 Å². The monoisotopic (exact) mass is 404 g/mol. The molecule has 1 heterocycles. The van der Waals surface area contributed by atoms with Crippen LogP contribution in [0.25, 0.3) is 0 Å². The number of benzene rings is 3. The molecular weight excluding hydrogens is 380 g/mol. The van der Waals surface area contributed by atoms with Gasteiger partial charge in [-0.05, 0) is 36.1 Å². The van der Waals surface area contributed by atoms with E-state index in [0.717, 1.165) is 11.1 Å². The Hall–Kier alpha value is -3.47. The number of carbonyl (C=O) groups is 1. The fourth-order valence-electron chi connectivity index (χ4n) is 4.03. The number of ether oxygens (including phenoxy) is 1. The van der Waals surface area contributed by atoms with Crippen LogP contribution >= 0.6 is 0 Å². The van der Waals surface area contributed by atoms with Crippen molar-refractivity contribution in [3.05, 3.63) is 82.9 Å². The van der Waals surface area contributed by atoms with Crippen molar-refractivity contribution in [1.82, 2.24) is 0 Å². The van der Waals surface area contributed by atoms with E-state index in [1.54, 1.807) is 24.3 Å². The highest BCUT2D eigenvalue weighted by atomic mass is 16.5. The van der Waals surface area contributed by atoms with Crippen molar-refractivity contribution in [2.45, 2.75) is 32.3 Å². The van der Waals surface area contributed by atoms with Gasteiger partial charge in [-0.15, -0.1) is 0 Å². The van der Waals surface area contributed by atoms with Crippen LogP contribution in [0.15, 0.2) is 60.7 Å². The molecule has 0 aromatic heterocycles. The topological polar surface area (TPSA) is 87.0 Å². The molecule has 1 aliphatic rings. The molecule has 0 aliphatic carbocycles. The number of rotatable bonds is 5. The fraction of sp³-hybridized carbons (Fsp3) is 0.240. The Morgan fingerprint density at radius 1 is 1.00 bits per heavy atom. The molecule has 5 nitrogen and oxygen atoms in total. The van der Waals surface area contributed by atoms with E-state index in [1.165, 1.54) is 6.07 Å². The Morgan fingerprint density at radius 3 is 2.40 bits per heavy atom. The molecule has 0 saturated heterocycles. The van der Waals surface area contributed by atoms with Gasteiger partial charge in [-0.1, -0.05) is 49.4 Å². The average molecular weight is 404 g/mol. The zero-order valence-corrected chi connectivity index (χ0v) is 16.7. The molecular formula is C25H24O5. The molecule has 30 heavy (non-hydrogen) atoms. The number of phenolic OH excluding ortho intramolecular Hbond substituents is 3. The number of fused-ring (bicyclic) bond motifs is 1. The van der Waals surface area contributed by atoms with Crippen LogP contribution in [0.1, 0.15) is 46.5 Å². The summed E-state index contributed by atoms with van der Waals surface area (Å²) in [6.45, 7) is 2.00. The molecule has 154 valence electrons. The minimum atomic E-state index is -0.361. The highest BCUT2D eigenvalue weighted by Crippen LogP contribution is 2.47. The van der Waals surface area contributed by atoms with Crippen molar-refractivity contribution in [1.29, 1.82) is 0 Å². The van der Waals surface area contributed by atoms with E-state index in [2.05, 4.69) is 0 Å². The van der Waals surface area contributed by atoms with Crippen LogP contribution in [0.4, 0.5) is 0 Å². The molecule has 5 heteroatoms. The van der Waals surface area contributed by atoms with Gasteiger partial charge in [-0.25, -0.2) is 0 Å². The normalized spacial score (nSPS) is 17.8. The van der Waals surface area contributed by atoms with Crippen LogP contribution in [-0.4, -0.2) is 21.1 Å². The summed E-state index contributed by atoms with van der Waals surface area (Å²) in [6, 6.07) is 17.6. The lowest BCUT2D eigenvalue weighted by Crippen LogP contribution is -2.25. The largest absolute Gasteiger partial charge is 0.508 e. The summed E-state index contributed by atoms with van der Waals surface area (Å²) in [5.41, 5.74) is 2.55. The molecule has 3 N–H and O–H groups in total. The molecule has 2 atom stereocenters. The lowest BCUT2D eigenvalue weighted by Gasteiger charge is -2.33. The first-order chi connectivity index (χ1) is 14.4. The first-order valence-electron chi connectivity index (χ1n) is 10.0. The first kappa shape index (κ1) is 19.8. The zero-order chi connectivity index (χ0) is 21.3. The predicted octanol–water partition coefficient (Wildman–Crippen LogP) is 4.93. The minimum absolute atomic E-state index is 0.0322. The molecule has 3 aromatic rings. The Balaban J connectivity index is 1.67. The van der Waals surface area contributed by atoms with Crippen LogP contribution < -0.4 is 4.74 Å². The predicted molar refractivity (Wildman–Crippen MR) is 113 cm³/mol. The third-order valence-electron chi connectivity index (χ3n) is 5.61. The Bertz CT molecular complexity index is 1060. The molecule has 0 bridgehead atoms. The Kier molecular flexibility index (Phi) is 5.36. The molecule has 0 saturated carbocycles. The number of hydrogen-bond donors (Lipinski definition) is 3.